The number of rotatable bonds is 8. The Kier molecular flexibility index (Phi) is 6.71. The number of nitrogens with one attached hydrogen (secondary N) is 1. The van der Waals surface area contributed by atoms with E-state index in [2.05, 4.69) is 14.9 Å². The van der Waals surface area contributed by atoms with Gasteiger partial charge >= 0.3 is 0 Å². The molecular formula is C25H25ClN4O2. The van der Waals surface area contributed by atoms with Crippen molar-refractivity contribution in [1.82, 2.24) is 19.9 Å². The number of methoxy groups -OCH3 is 1. The normalized spacial score (nSPS) is 12.0. The summed E-state index contributed by atoms with van der Waals surface area (Å²) in [5.74, 6) is 1.63. The van der Waals surface area contributed by atoms with Gasteiger partial charge in [0.25, 0.3) is 0 Å². The summed E-state index contributed by atoms with van der Waals surface area (Å²) >= 11 is 5.95. The first kappa shape index (κ1) is 21.8. The number of ether oxygens (including phenoxy) is 1. The Hall–Kier alpha value is -3.38. The zero-order valence-corrected chi connectivity index (χ0v) is 18.8. The summed E-state index contributed by atoms with van der Waals surface area (Å²) in [6, 6.07) is 19.1. The number of carbonyl (C=O) groups is 1. The van der Waals surface area contributed by atoms with Gasteiger partial charge in [-0.15, -0.1) is 0 Å². The summed E-state index contributed by atoms with van der Waals surface area (Å²) in [6.45, 7) is 2.58. The molecule has 4 rings (SSSR count). The van der Waals surface area contributed by atoms with Gasteiger partial charge in [-0.3, -0.25) is 4.79 Å². The summed E-state index contributed by atoms with van der Waals surface area (Å²) in [4.78, 5) is 21.9. The Morgan fingerprint density at radius 2 is 1.88 bits per heavy atom. The summed E-state index contributed by atoms with van der Waals surface area (Å²) in [5, 5.41) is 3.73. The standard InChI is InChI=1S/C25H25ClN4O2/c1-17(19-7-9-20(26)10-8-19)28-24(31)14-13-23-29-22-4-3-15-27-25(22)30(23)16-18-5-11-21(32-2)12-6-18/h3-12,15,17H,13-14,16H2,1-2H3,(H,28,31)/t17-/m0/s1. The van der Waals surface area contributed by atoms with Crippen LogP contribution in [0.2, 0.25) is 5.02 Å². The number of imidazole rings is 1. The zero-order chi connectivity index (χ0) is 22.5. The molecule has 0 bridgehead atoms. The van der Waals surface area contributed by atoms with Crippen molar-refractivity contribution < 1.29 is 9.53 Å². The molecule has 0 radical (unpaired) electrons. The van der Waals surface area contributed by atoms with Crippen LogP contribution < -0.4 is 10.1 Å². The van der Waals surface area contributed by atoms with Crippen molar-refractivity contribution in [1.29, 1.82) is 0 Å². The zero-order valence-electron chi connectivity index (χ0n) is 18.1. The largest absolute Gasteiger partial charge is 0.497 e. The highest BCUT2D eigenvalue weighted by atomic mass is 35.5. The quantitative estimate of drug-likeness (QED) is 0.414. The van der Waals surface area contributed by atoms with Crippen LogP contribution in [-0.4, -0.2) is 27.6 Å². The van der Waals surface area contributed by atoms with Gasteiger partial charge in [-0.1, -0.05) is 35.9 Å². The van der Waals surface area contributed by atoms with Crippen LogP contribution in [0.25, 0.3) is 11.2 Å². The van der Waals surface area contributed by atoms with E-state index in [-0.39, 0.29) is 11.9 Å². The fourth-order valence-electron chi connectivity index (χ4n) is 3.65. The number of fused-ring (bicyclic) bond motifs is 1. The molecule has 1 N–H and O–H groups in total. The smallest absolute Gasteiger partial charge is 0.220 e. The topological polar surface area (TPSA) is 69.0 Å². The Balaban J connectivity index is 1.47. The second-order valence-electron chi connectivity index (χ2n) is 7.65. The van der Waals surface area contributed by atoms with Gasteiger partial charge < -0.3 is 14.6 Å². The molecule has 0 saturated heterocycles. The minimum atomic E-state index is -0.0976. The highest BCUT2D eigenvalue weighted by Crippen LogP contribution is 2.20. The molecule has 1 atom stereocenters. The molecule has 2 aromatic carbocycles. The van der Waals surface area contributed by atoms with Crippen molar-refractivity contribution in [3.8, 4) is 5.75 Å². The van der Waals surface area contributed by atoms with Crippen molar-refractivity contribution in [3.63, 3.8) is 0 Å². The third kappa shape index (κ3) is 5.08. The van der Waals surface area contributed by atoms with E-state index >= 15 is 0 Å². The second-order valence-corrected chi connectivity index (χ2v) is 8.09. The van der Waals surface area contributed by atoms with E-state index in [1.165, 1.54) is 0 Å². The van der Waals surface area contributed by atoms with Gasteiger partial charge in [0, 0.05) is 24.1 Å². The molecule has 0 fully saturated rings. The average molecular weight is 449 g/mol. The maximum Gasteiger partial charge on any atom is 0.220 e. The molecule has 1 amide bonds. The number of benzene rings is 2. The summed E-state index contributed by atoms with van der Waals surface area (Å²) in [6.07, 6.45) is 2.62. The Morgan fingerprint density at radius 1 is 1.12 bits per heavy atom. The predicted molar refractivity (Wildman–Crippen MR) is 126 cm³/mol. The van der Waals surface area contributed by atoms with E-state index in [9.17, 15) is 4.79 Å². The molecule has 0 unspecified atom stereocenters. The van der Waals surface area contributed by atoms with Crippen molar-refractivity contribution >= 4 is 28.7 Å². The van der Waals surface area contributed by atoms with Gasteiger partial charge in [0.2, 0.25) is 5.91 Å². The number of hydrogen-bond acceptors (Lipinski definition) is 4. The van der Waals surface area contributed by atoms with Gasteiger partial charge in [0.05, 0.1) is 19.7 Å². The SMILES string of the molecule is COc1ccc(Cn2c(CCC(=O)N[C@@H](C)c3ccc(Cl)cc3)nc3cccnc32)cc1. The summed E-state index contributed by atoms with van der Waals surface area (Å²) in [7, 11) is 1.65. The number of carbonyl (C=O) groups excluding carboxylic acids is 1. The van der Waals surface area contributed by atoms with E-state index in [4.69, 9.17) is 21.3 Å². The maximum absolute atomic E-state index is 12.6. The molecule has 0 aliphatic heterocycles. The minimum Gasteiger partial charge on any atom is -0.497 e. The lowest BCUT2D eigenvalue weighted by Gasteiger charge is -2.15. The molecule has 2 heterocycles. The van der Waals surface area contributed by atoms with Crippen molar-refractivity contribution in [2.45, 2.75) is 32.4 Å². The molecule has 0 spiro atoms. The first-order valence-electron chi connectivity index (χ1n) is 10.5. The molecule has 0 aliphatic carbocycles. The minimum absolute atomic E-state index is 0.0246. The van der Waals surface area contributed by atoms with Crippen molar-refractivity contribution in [2.75, 3.05) is 7.11 Å². The maximum atomic E-state index is 12.6. The summed E-state index contributed by atoms with van der Waals surface area (Å²) in [5.41, 5.74) is 3.76. The first-order valence-corrected chi connectivity index (χ1v) is 10.9. The van der Waals surface area contributed by atoms with Crippen LogP contribution in [0.15, 0.2) is 66.9 Å². The van der Waals surface area contributed by atoms with Gasteiger partial charge in [0.15, 0.2) is 5.65 Å². The molecule has 6 nitrogen and oxygen atoms in total. The molecule has 0 aliphatic rings. The lowest BCUT2D eigenvalue weighted by Crippen LogP contribution is -2.27. The van der Waals surface area contributed by atoms with Crippen LogP contribution in [0.5, 0.6) is 5.75 Å². The predicted octanol–water partition coefficient (Wildman–Crippen LogP) is 4.95. The Morgan fingerprint density at radius 3 is 2.59 bits per heavy atom. The first-order chi connectivity index (χ1) is 15.5. The molecule has 2 aromatic heterocycles. The fourth-order valence-corrected chi connectivity index (χ4v) is 3.78. The monoisotopic (exact) mass is 448 g/mol. The number of halogens is 1. The summed E-state index contributed by atoms with van der Waals surface area (Å²) < 4.78 is 7.33. The fraction of sp³-hybridized carbons (Fsp3) is 0.240. The van der Waals surface area contributed by atoms with Crippen LogP contribution in [0.4, 0.5) is 0 Å². The molecule has 4 aromatic rings. The Bertz CT molecular complexity index is 1200. The number of amides is 1. The van der Waals surface area contributed by atoms with E-state index in [1.807, 2.05) is 67.6 Å². The van der Waals surface area contributed by atoms with E-state index in [0.717, 1.165) is 33.9 Å². The van der Waals surface area contributed by atoms with E-state index in [1.54, 1.807) is 13.3 Å². The highest BCUT2D eigenvalue weighted by molar-refractivity contribution is 6.30. The van der Waals surface area contributed by atoms with Crippen LogP contribution in [0.3, 0.4) is 0 Å². The second kappa shape index (κ2) is 9.83. The molecule has 32 heavy (non-hydrogen) atoms. The lowest BCUT2D eigenvalue weighted by atomic mass is 10.1. The molecule has 164 valence electrons. The van der Waals surface area contributed by atoms with Crippen molar-refractivity contribution in [3.05, 3.63) is 88.8 Å². The van der Waals surface area contributed by atoms with E-state index < -0.39 is 0 Å². The van der Waals surface area contributed by atoms with Gasteiger partial charge in [-0.2, -0.15) is 0 Å². The molecule has 0 saturated carbocycles. The van der Waals surface area contributed by atoms with Crippen LogP contribution in [0, 0.1) is 0 Å². The third-order valence-electron chi connectivity index (χ3n) is 5.41. The van der Waals surface area contributed by atoms with Crippen LogP contribution >= 0.6 is 11.6 Å². The Labute approximate surface area is 192 Å². The van der Waals surface area contributed by atoms with Gasteiger partial charge in [-0.25, -0.2) is 9.97 Å². The highest BCUT2D eigenvalue weighted by Gasteiger charge is 2.15. The van der Waals surface area contributed by atoms with Gasteiger partial charge in [0.1, 0.15) is 17.1 Å². The number of hydrogen-bond donors (Lipinski definition) is 1. The van der Waals surface area contributed by atoms with Gasteiger partial charge in [-0.05, 0) is 54.4 Å². The average Bonchev–Trinajstić information content (AvgIpc) is 3.16. The number of pyridine rings is 1. The number of aryl methyl sites for hydroxylation is 1. The van der Waals surface area contributed by atoms with Crippen LogP contribution in [0.1, 0.15) is 36.3 Å². The molecule has 7 heteroatoms. The third-order valence-corrected chi connectivity index (χ3v) is 5.66. The lowest BCUT2D eigenvalue weighted by molar-refractivity contribution is -0.121. The van der Waals surface area contributed by atoms with Crippen LogP contribution in [-0.2, 0) is 17.8 Å². The molecular weight excluding hydrogens is 424 g/mol. The van der Waals surface area contributed by atoms with E-state index in [0.29, 0.717) is 24.4 Å². The number of aromatic nitrogens is 3. The number of nitrogens with zero attached hydrogens (tertiary/aromatic N) is 3. The van der Waals surface area contributed by atoms with Crippen molar-refractivity contribution in [2.24, 2.45) is 0 Å².